The molecule has 2 aromatic carbocycles. The summed E-state index contributed by atoms with van der Waals surface area (Å²) in [5.41, 5.74) is 0.785. The van der Waals surface area contributed by atoms with Gasteiger partial charge in [0.15, 0.2) is 9.84 Å². The van der Waals surface area contributed by atoms with Crippen LogP contribution in [-0.2, 0) is 9.84 Å². The number of carbonyl (C=O) groups is 1. The van der Waals surface area contributed by atoms with Gasteiger partial charge in [-0.25, -0.2) is 8.42 Å². The maximum absolute atomic E-state index is 13.3. The van der Waals surface area contributed by atoms with Crippen molar-refractivity contribution in [1.82, 2.24) is 0 Å². The molecule has 3 rings (SSSR count). The maximum atomic E-state index is 13.3. The molecule has 1 amide bonds. The summed E-state index contributed by atoms with van der Waals surface area (Å²) < 4.78 is 34.5. The molecule has 0 saturated heterocycles. The molecule has 1 atom stereocenters. The molecule has 1 aliphatic rings. The first-order valence-electron chi connectivity index (χ1n) is 8.07. The van der Waals surface area contributed by atoms with Crippen molar-refractivity contribution in [2.24, 2.45) is 0 Å². The van der Waals surface area contributed by atoms with Crippen molar-refractivity contribution >= 4 is 33.0 Å². The summed E-state index contributed by atoms with van der Waals surface area (Å²) in [7, 11) is -0.374. The van der Waals surface area contributed by atoms with Crippen LogP contribution in [0, 0.1) is 0 Å². The molecular weight excluding hydrogens is 390 g/mol. The van der Waals surface area contributed by atoms with E-state index in [-0.39, 0.29) is 11.7 Å². The zero-order valence-electron chi connectivity index (χ0n) is 14.8. The smallest absolute Gasteiger partial charge is 0.259 e. The molecule has 8 heteroatoms. The second-order valence-electron chi connectivity index (χ2n) is 5.95. The number of ether oxygens (including phenoxy) is 2. The fourth-order valence-corrected chi connectivity index (χ4v) is 4.36. The highest BCUT2D eigenvalue weighted by Gasteiger charge is 2.33. The maximum Gasteiger partial charge on any atom is 0.259 e. The molecule has 2 aromatic rings. The quantitative estimate of drug-likeness (QED) is 0.760. The van der Waals surface area contributed by atoms with Crippen LogP contribution in [0.5, 0.6) is 11.5 Å². The lowest BCUT2D eigenvalue weighted by molar-refractivity contribution is 0.0982. The van der Waals surface area contributed by atoms with Gasteiger partial charge in [-0.3, -0.25) is 9.69 Å². The number of carbonyl (C=O) groups excluding carboxylic acids is 1. The van der Waals surface area contributed by atoms with E-state index >= 15 is 0 Å². The zero-order chi connectivity index (χ0) is 19.6. The summed E-state index contributed by atoms with van der Waals surface area (Å²) in [5.74, 6) is 0.365. The van der Waals surface area contributed by atoms with Gasteiger partial charge in [-0.2, -0.15) is 0 Å². The lowest BCUT2D eigenvalue weighted by Gasteiger charge is -2.29. The Morgan fingerprint density at radius 3 is 2.52 bits per heavy atom. The normalized spacial score (nSPS) is 17.5. The minimum Gasteiger partial charge on any atom is -0.497 e. The van der Waals surface area contributed by atoms with Gasteiger partial charge in [-0.1, -0.05) is 17.7 Å². The Morgan fingerprint density at radius 2 is 1.93 bits per heavy atom. The summed E-state index contributed by atoms with van der Waals surface area (Å²) in [4.78, 5) is 14.7. The third-order valence-corrected chi connectivity index (χ3v) is 5.79. The molecule has 0 unspecified atom stereocenters. The molecule has 6 nitrogen and oxygen atoms in total. The summed E-state index contributed by atoms with van der Waals surface area (Å²) in [6.07, 6.45) is 1.50. The summed E-state index contributed by atoms with van der Waals surface area (Å²) in [6.45, 7) is 0. The van der Waals surface area contributed by atoms with Crippen molar-refractivity contribution in [3.63, 3.8) is 0 Å². The monoisotopic (exact) mass is 407 g/mol. The predicted molar refractivity (Wildman–Crippen MR) is 105 cm³/mol. The fraction of sp³-hybridized carbons (Fsp3) is 0.211. The van der Waals surface area contributed by atoms with Crippen LogP contribution >= 0.6 is 11.6 Å². The number of anilines is 1. The number of nitrogens with zero attached hydrogens (tertiary/aromatic N) is 1. The van der Waals surface area contributed by atoms with Crippen LogP contribution in [0.4, 0.5) is 5.69 Å². The average Bonchev–Trinajstić information content (AvgIpc) is 3.01. The largest absolute Gasteiger partial charge is 0.497 e. The van der Waals surface area contributed by atoms with Gasteiger partial charge in [-0.05, 0) is 36.4 Å². The van der Waals surface area contributed by atoms with Gasteiger partial charge in [0, 0.05) is 22.1 Å². The van der Waals surface area contributed by atoms with E-state index in [0.717, 1.165) is 5.41 Å². The first-order valence-corrected chi connectivity index (χ1v) is 10.2. The van der Waals surface area contributed by atoms with Crippen LogP contribution in [0.2, 0.25) is 5.02 Å². The SMILES string of the molecule is COc1ccc(N(C(=O)c2cccc(Cl)c2)[C@@H]2C=CS(=O)(=O)C2)c(OC)c1. The van der Waals surface area contributed by atoms with Crippen molar-refractivity contribution in [1.29, 1.82) is 0 Å². The van der Waals surface area contributed by atoms with Crippen LogP contribution < -0.4 is 14.4 Å². The predicted octanol–water partition coefficient (Wildman–Crippen LogP) is 3.31. The van der Waals surface area contributed by atoms with E-state index in [9.17, 15) is 13.2 Å². The lowest BCUT2D eigenvalue weighted by Crippen LogP contribution is -2.41. The molecule has 0 radical (unpaired) electrons. The Balaban J connectivity index is 2.11. The van der Waals surface area contributed by atoms with Gasteiger partial charge in [0.1, 0.15) is 11.5 Å². The summed E-state index contributed by atoms with van der Waals surface area (Å²) in [5, 5.41) is 1.54. The number of rotatable bonds is 5. The van der Waals surface area contributed by atoms with Crippen LogP contribution in [0.15, 0.2) is 53.9 Å². The molecular formula is C19H18ClNO5S. The first kappa shape index (κ1) is 19.3. The minimum absolute atomic E-state index is 0.200. The van der Waals surface area contributed by atoms with Crippen molar-refractivity contribution in [2.45, 2.75) is 6.04 Å². The third-order valence-electron chi connectivity index (χ3n) is 4.18. The number of hydrogen-bond acceptors (Lipinski definition) is 5. The van der Waals surface area contributed by atoms with Gasteiger partial charge >= 0.3 is 0 Å². The fourth-order valence-electron chi connectivity index (χ4n) is 2.90. The molecule has 1 aliphatic heterocycles. The molecule has 0 aromatic heterocycles. The number of hydrogen-bond donors (Lipinski definition) is 0. The molecule has 0 N–H and O–H groups in total. The Kier molecular flexibility index (Phi) is 5.43. The number of sulfone groups is 1. The molecule has 0 fully saturated rings. The first-order chi connectivity index (χ1) is 12.8. The topological polar surface area (TPSA) is 72.9 Å². The lowest BCUT2D eigenvalue weighted by atomic mass is 10.1. The van der Waals surface area contributed by atoms with Gasteiger partial charge in [0.05, 0.1) is 31.7 Å². The zero-order valence-corrected chi connectivity index (χ0v) is 16.3. The Morgan fingerprint density at radius 1 is 1.15 bits per heavy atom. The third kappa shape index (κ3) is 4.09. The second kappa shape index (κ2) is 7.62. The molecule has 0 spiro atoms. The van der Waals surface area contributed by atoms with E-state index in [1.54, 1.807) is 42.5 Å². The molecule has 0 bridgehead atoms. The summed E-state index contributed by atoms with van der Waals surface area (Å²) >= 11 is 6.02. The van der Waals surface area contributed by atoms with Crippen LogP contribution in [0.3, 0.4) is 0 Å². The van der Waals surface area contributed by atoms with Crippen LogP contribution in [-0.4, -0.2) is 40.3 Å². The molecule has 0 aliphatic carbocycles. The van der Waals surface area contributed by atoms with Gasteiger partial charge in [-0.15, -0.1) is 0 Å². The van der Waals surface area contributed by atoms with E-state index in [4.69, 9.17) is 21.1 Å². The molecule has 1 heterocycles. The number of methoxy groups -OCH3 is 2. The van der Waals surface area contributed by atoms with E-state index in [1.807, 2.05) is 0 Å². The highest BCUT2D eigenvalue weighted by atomic mass is 35.5. The van der Waals surface area contributed by atoms with Gasteiger partial charge in [0.25, 0.3) is 5.91 Å². The molecule has 142 valence electrons. The number of benzene rings is 2. The molecule has 0 saturated carbocycles. The van der Waals surface area contributed by atoms with Crippen molar-refractivity contribution in [2.75, 3.05) is 24.9 Å². The van der Waals surface area contributed by atoms with Crippen molar-refractivity contribution in [3.05, 3.63) is 64.5 Å². The Labute approximate surface area is 162 Å². The van der Waals surface area contributed by atoms with E-state index in [1.165, 1.54) is 25.2 Å². The van der Waals surface area contributed by atoms with E-state index in [0.29, 0.717) is 27.8 Å². The van der Waals surface area contributed by atoms with Crippen molar-refractivity contribution in [3.8, 4) is 11.5 Å². The average molecular weight is 408 g/mol. The minimum atomic E-state index is -3.37. The molecule has 27 heavy (non-hydrogen) atoms. The van der Waals surface area contributed by atoms with Gasteiger partial charge < -0.3 is 9.47 Å². The highest BCUT2D eigenvalue weighted by molar-refractivity contribution is 7.94. The number of amides is 1. The van der Waals surface area contributed by atoms with E-state index in [2.05, 4.69) is 0 Å². The highest BCUT2D eigenvalue weighted by Crippen LogP contribution is 2.36. The second-order valence-corrected chi connectivity index (χ2v) is 8.32. The Bertz CT molecular complexity index is 1000. The number of halogens is 1. The Hall–Kier alpha value is -2.51. The van der Waals surface area contributed by atoms with E-state index < -0.39 is 15.9 Å². The van der Waals surface area contributed by atoms with Crippen LogP contribution in [0.1, 0.15) is 10.4 Å². The van der Waals surface area contributed by atoms with Crippen LogP contribution in [0.25, 0.3) is 0 Å². The van der Waals surface area contributed by atoms with Gasteiger partial charge in [0.2, 0.25) is 0 Å². The van der Waals surface area contributed by atoms with Crippen molar-refractivity contribution < 1.29 is 22.7 Å². The summed E-state index contributed by atoms with van der Waals surface area (Å²) in [6, 6.07) is 10.8. The standard InChI is InChI=1S/C19H18ClNO5S/c1-25-16-6-7-17(18(11-16)26-2)21(15-8-9-27(23,24)12-15)19(22)13-4-3-5-14(20)10-13/h3-11,15H,12H2,1-2H3/t15-/m1/s1.